The average Bonchev–Trinajstić information content (AvgIpc) is 2.88. The molecule has 0 aliphatic carbocycles. The Kier molecular flexibility index (Phi) is 8.03. The smallest absolute Gasteiger partial charge is 0.254 e. The van der Waals surface area contributed by atoms with Crippen LogP contribution in [0.25, 0.3) is 0 Å². The molecule has 2 saturated heterocycles. The van der Waals surface area contributed by atoms with Crippen LogP contribution in [0, 0.1) is 0 Å². The van der Waals surface area contributed by atoms with E-state index in [2.05, 4.69) is 4.90 Å². The van der Waals surface area contributed by atoms with Crippen molar-refractivity contribution in [1.82, 2.24) is 14.7 Å². The fourth-order valence-electron chi connectivity index (χ4n) is 4.47. The summed E-state index contributed by atoms with van der Waals surface area (Å²) in [6.07, 6.45) is 0. The van der Waals surface area contributed by atoms with Gasteiger partial charge >= 0.3 is 0 Å². The number of morpholine rings is 1. The summed E-state index contributed by atoms with van der Waals surface area (Å²) in [6.45, 7) is 7.76. The van der Waals surface area contributed by atoms with Crippen molar-refractivity contribution in [3.8, 4) is 11.5 Å². The van der Waals surface area contributed by atoms with Gasteiger partial charge in [-0.3, -0.25) is 14.5 Å². The van der Waals surface area contributed by atoms with E-state index in [0.29, 0.717) is 37.6 Å². The number of nitrogens with zero attached hydrogens (tertiary/aromatic N) is 3. The zero-order chi connectivity index (χ0) is 23.9. The van der Waals surface area contributed by atoms with Gasteiger partial charge in [0.05, 0.1) is 26.4 Å². The van der Waals surface area contributed by atoms with Crippen molar-refractivity contribution in [1.29, 1.82) is 0 Å². The van der Waals surface area contributed by atoms with Crippen LogP contribution in [-0.4, -0.2) is 92.7 Å². The van der Waals surface area contributed by atoms with Gasteiger partial charge in [-0.1, -0.05) is 18.2 Å². The van der Waals surface area contributed by atoms with Crippen LogP contribution in [0.5, 0.6) is 11.5 Å². The van der Waals surface area contributed by atoms with Crippen LogP contribution >= 0.6 is 0 Å². The lowest BCUT2D eigenvalue weighted by Gasteiger charge is -2.41. The summed E-state index contributed by atoms with van der Waals surface area (Å²) >= 11 is 0. The quantitative estimate of drug-likeness (QED) is 0.623. The van der Waals surface area contributed by atoms with Crippen LogP contribution in [0.1, 0.15) is 28.9 Å². The minimum Gasteiger partial charge on any atom is -0.497 e. The van der Waals surface area contributed by atoms with E-state index in [1.54, 1.807) is 20.1 Å². The topological polar surface area (TPSA) is 71.5 Å². The van der Waals surface area contributed by atoms with E-state index in [1.807, 2.05) is 52.3 Å². The van der Waals surface area contributed by atoms with Crippen LogP contribution in [0.4, 0.5) is 0 Å². The van der Waals surface area contributed by atoms with E-state index >= 15 is 0 Å². The SMILES string of the molecule is COc1ccc([C@@H]2CN(C(=O)c3cccc(OCCN4CCOCC4)c3)CCN2C(C)=O)cc1. The Morgan fingerprint density at radius 1 is 1.00 bits per heavy atom. The first kappa shape index (κ1) is 24.0. The Balaban J connectivity index is 1.41. The van der Waals surface area contributed by atoms with Crippen LogP contribution in [-0.2, 0) is 9.53 Å². The Morgan fingerprint density at radius 2 is 1.76 bits per heavy atom. The second-order valence-electron chi connectivity index (χ2n) is 8.58. The van der Waals surface area contributed by atoms with E-state index in [-0.39, 0.29) is 17.9 Å². The molecule has 34 heavy (non-hydrogen) atoms. The maximum atomic E-state index is 13.4. The number of piperazine rings is 1. The van der Waals surface area contributed by atoms with E-state index < -0.39 is 0 Å². The van der Waals surface area contributed by atoms with Gasteiger partial charge in [-0.15, -0.1) is 0 Å². The summed E-state index contributed by atoms with van der Waals surface area (Å²) < 4.78 is 16.6. The number of carbonyl (C=O) groups excluding carboxylic acids is 2. The number of hydrogen-bond acceptors (Lipinski definition) is 6. The summed E-state index contributed by atoms with van der Waals surface area (Å²) in [5, 5.41) is 0. The lowest BCUT2D eigenvalue weighted by Crippen LogP contribution is -2.51. The Bertz CT molecular complexity index is 975. The van der Waals surface area contributed by atoms with Gasteiger partial charge < -0.3 is 24.0 Å². The van der Waals surface area contributed by atoms with Gasteiger partial charge in [-0.05, 0) is 35.9 Å². The molecule has 4 rings (SSSR count). The molecule has 2 amide bonds. The third-order valence-electron chi connectivity index (χ3n) is 6.43. The highest BCUT2D eigenvalue weighted by molar-refractivity contribution is 5.94. The molecule has 0 aromatic heterocycles. The first-order chi connectivity index (χ1) is 16.5. The molecule has 2 aliphatic heterocycles. The predicted octanol–water partition coefficient (Wildman–Crippen LogP) is 2.45. The molecular weight excluding hydrogens is 434 g/mol. The van der Waals surface area contributed by atoms with Gasteiger partial charge in [-0.25, -0.2) is 0 Å². The van der Waals surface area contributed by atoms with E-state index in [0.717, 1.165) is 44.2 Å². The fraction of sp³-hybridized carbons (Fsp3) is 0.462. The van der Waals surface area contributed by atoms with Crippen LogP contribution in [0.3, 0.4) is 0 Å². The van der Waals surface area contributed by atoms with Gasteiger partial charge in [0.2, 0.25) is 5.91 Å². The van der Waals surface area contributed by atoms with E-state index in [9.17, 15) is 9.59 Å². The number of amides is 2. The van der Waals surface area contributed by atoms with Crippen molar-refractivity contribution in [3.63, 3.8) is 0 Å². The largest absolute Gasteiger partial charge is 0.497 e. The molecule has 0 saturated carbocycles. The lowest BCUT2D eigenvalue weighted by atomic mass is 10.0. The second kappa shape index (κ2) is 11.4. The summed E-state index contributed by atoms with van der Waals surface area (Å²) in [7, 11) is 1.62. The zero-order valence-corrected chi connectivity index (χ0v) is 19.9. The van der Waals surface area contributed by atoms with Crippen molar-refractivity contribution < 1.29 is 23.8 Å². The Labute approximate surface area is 201 Å². The molecule has 2 aromatic carbocycles. The van der Waals surface area contributed by atoms with Gasteiger partial charge in [-0.2, -0.15) is 0 Å². The number of ether oxygens (including phenoxy) is 3. The molecule has 8 nitrogen and oxygen atoms in total. The summed E-state index contributed by atoms with van der Waals surface area (Å²) in [5.74, 6) is 1.39. The van der Waals surface area contributed by atoms with Gasteiger partial charge in [0.1, 0.15) is 18.1 Å². The second-order valence-corrected chi connectivity index (χ2v) is 8.58. The standard InChI is InChI=1S/C26H33N3O5/c1-20(30)29-11-10-28(19-25(29)21-6-8-23(32-2)9-7-21)26(31)22-4-3-5-24(18-22)34-17-14-27-12-15-33-16-13-27/h3-9,18,25H,10-17,19H2,1-2H3/t25-/m0/s1. The molecule has 0 radical (unpaired) electrons. The van der Waals surface area contributed by atoms with Crippen molar-refractivity contribution in [3.05, 3.63) is 59.7 Å². The minimum absolute atomic E-state index is 0.00332. The number of carbonyl (C=O) groups is 2. The summed E-state index contributed by atoms with van der Waals surface area (Å²) in [5.41, 5.74) is 1.57. The molecule has 8 heteroatoms. The number of benzene rings is 2. The fourth-order valence-corrected chi connectivity index (χ4v) is 4.47. The lowest BCUT2D eigenvalue weighted by molar-refractivity contribution is -0.133. The normalized spacial score (nSPS) is 19.1. The monoisotopic (exact) mass is 467 g/mol. The van der Waals surface area contributed by atoms with Crippen molar-refractivity contribution in [2.45, 2.75) is 13.0 Å². The Hall–Kier alpha value is -3.10. The van der Waals surface area contributed by atoms with Crippen molar-refractivity contribution in [2.75, 3.05) is 66.2 Å². The number of hydrogen-bond donors (Lipinski definition) is 0. The maximum absolute atomic E-state index is 13.4. The van der Waals surface area contributed by atoms with E-state index in [4.69, 9.17) is 14.2 Å². The van der Waals surface area contributed by atoms with Crippen molar-refractivity contribution in [2.24, 2.45) is 0 Å². The van der Waals surface area contributed by atoms with Gasteiger partial charge in [0, 0.05) is 51.8 Å². The first-order valence-corrected chi connectivity index (χ1v) is 11.8. The van der Waals surface area contributed by atoms with Crippen LogP contribution in [0.15, 0.2) is 48.5 Å². The average molecular weight is 468 g/mol. The van der Waals surface area contributed by atoms with Gasteiger partial charge in [0.15, 0.2) is 0 Å². The molecule has 2 fully saturated rings. The van der Waals surface area contributed by atoms with E-state index in [1.165, 1.54) is 0 Å². The van der Waals surface area contributed by atoms with Crippen LogP contribution < -0.4 is 9.47 Å². The molecule has 2 aromatic rings. The molecule has 1 atom stereocenters. The predicted molar refractivity (Wildman–Crippen MR) is 128 cm³/mol. The molecule has 2 heterocycles. The minimum atomic E-state index is -0.200. The molecule has 0 unspecified atom stereocenters. The summed E-state index contributed by atoms with van der Waals surface area (Å²) in [4.78, 5) is 31.6. The molecule has 0 bridgehead atoms. The highest BCUT2D eigenvalue weighted by Gasteiger charge is 2.32. The van der Waals surface area contributed by atoms with Gasteiger partial charge in [0.25, 0.3) is 5.91 Å². The highest BCUT2D eigenvalue weighted by atomic mass is 16.5. The molecule has 0 spiro atoms. The Morgan fingerprint density at radius 3 is 2.47 bits per heavy atom. The molecular formula is C26H33N3O5. The third kappa shape index (κ3) is 5.87. The first-order valence-electron chi connectivity index (χ1n) is 11.8. The maximum Gasteiger partial charge on any atom is 0.254 e. The number of methoxy groups -OCH3 is 1. The molecule has 0 N–H and O–H groups in total. The highest BCUT2D eigenvalue weighted by Crippen LogP contribution is 2.28. The zero-order valence-electron chi connectivity index (χ0n) is 19.9. The van der Waals surface area contributed by atoms with Crippen molar-refractivity contribution >= 4 is 11.8 Å². The number of rotatable bonds is 7. The third-order valence-corrected chi connectivity index (χ3v) is 6.43. The summed E-state index contributed by atoms with van der Waals surface area (Å²) in [6, 6.07) is 14.8. The van der Waals surface area contributed by atoms with Crippen LogP contribution in [0.2, 0.25) is 0 Å². The molecule has 2 aliphatic rings. The molecule has 182 valence electrons.